The molecule has 0 saturated heterocycles. The van der Waals surface area contributed by atoms with Gasteiger partial charge in [-0.15, -0.1) is 0 Å². The highest BCUT2D eigenvalue weighted by atomic mass is 16.5. The lowest BCUT2D eigenvalue weighted by molar-refractivity contribution is -0.131. The van der Waals surface area contributed by atoms with E-state index < -0.39 is 0 Å². The van der Waals surface area contributed by atoms with Crippen LogP contribution in [0.2, 0.25) is 0 Å². The molecular weight excluding hydrogens is 290 g/mol. The summed E-state index contributed by atoms with van der Waals surface area (Å²) in [7, 11) is 0. The molecule has 5 nitrogen and oxygen atoms in total. The highest BCUT2D eigenvalue weighted by molar-refractivity contribution is 5.70. The predicted octanol–water partition coefficient (Wildman–Crippen LogP) is 2.74. The summed E-state index contributed by atoms with van der Waals surface area (Å²) in [5.41, 5.74) is 4.09. The Bertz CT molecular complexity index is 648. The zero-order valence-electron chi connectivity index (χ0n) is 14.1. The lowest BCUT2D eigenvalue weighted by Gasteiger charge is -2.15. The number of ether oxygens (including phenoxy) is 1. The molecule has 0 aliphatic heterocycles. The van der Waals surface area contributed by atoms with Crippen LogP contribution in [0, 0.1) is 13.8 Å². The van der Waals surface area contributed by atoms with Gasteiger partial charge in [0.15, 0.2) is 0 Å². The van der Waals surface area contributed by atoms with E-state index in [2.05, 4.69) is 22.2 Å². The second kappa shape index (κ2) is 7.83. The molecule has 122 valence electrons. The molecule has 0 spiro atoms. The van der Waals surface area contributed by atoms with E-state index in [9.17, 15) is 4.79 Å². The van der Waals surface area contributed by atoms with E-state index in [-0.39, 0.29) is 5.97 Å². The van der Waals surface area contributed by atoms with Gasteiger partial charge < -0.3 is 10.1 Å². The molecular formula is C18H23N3O2. The smallest absolute Gasteiger partial charge is 0.308 e. The summed E-state index contributed by atoms with van der Waals surface area (Å²) in [5.74, 6) is 0.369. The Hall–Kier alpha value is -2.27. The largest absolute Gasteiger partial charge is 0.426 e. The molecule has 1 atom stereocenters. The van der Waals surface area contributed by atoms with Crippen LogP contribution in [0.1, 0.15) is 36.2 Å². The average molecular weight is 313 g/mol. The fourth-order valence-electron chi connectivity index (χ4n) is 2.56. The van der Waals surface area contributed by atoms with Gasteiger partial charge in [-0.05, 0) is 37.5 Å². The summed E-state index contributed by atoms with van der Waals surface area (Å²) in [5, 5.41) is 3.49. The van der Waals surface area contributed by atoms with Gasteiger partial charge in [-0.3, -0.25) is 14.8 Å². The third-order valence-electron chi connectivity index (χ3n) is 3.55. The maximum absolute atomic E-state index is 11.1. The van der Waals surface area contributed by atoms with Crippen LogP contribution < -0.4 is 10.1 Å². The molecule has 1 aromatic carbocycles. The van der Waals surface area contributed by atoms with Crippen molar-refractivity contribution >= 4 is 5.97 Å². The maximum atomic E-state index is 11.1. The van der Waals surface area contributed by atoms with Gasteiger partial charge in [0.2, 0.25) is 0 Å². The molecule has 0 unspecified atom stereocenters. The van der Waals surface area contributed by atoms with Crippen LogP contribution in [-0.2, 0) is 17.8 Å². The summed E-state index contributed by atoms with van der Waals surface area (Å²) < 4.78 is 5.26. The highest BCUT2D eigenvalue weighted by Crippen LogP contribution is 2.25. The third kappa shape index (κ3) is 5.14. The van der Waals surface area contributed by atoms with Crippen molar-refractivity contribution in [2.45, 2.75) is 46.7 Å². The molecule has 0 radical (unpaired) electrons. The third-order valence-corrected chi connectivity index (χ3v) is 3.55. The summed E-state index contributed by atoms with van der Waals surface area (Å²) in [6.45, 7) is 8.21. The zero-order chi connectivity index (χ0) is 16.8. The molecule has 1 aromatic heterocycles. The molecule has 0 fully saturated rings. The van der Waals surface area contributed by atoms with E-state index in [0.29, 0.717) is 11.8 Å². The van der Waals surface area contributed by atoms with Crippen molar-refractivity contribution in [1.29, 1.82) is 0 Å². The molecule has 2 aromatic rings. The van der Waals surface area contributed by atoms with Crippen LogP contribution in [0.4, 0.5) is 0 Å². The molecule has 5 heteroatoms. The number of rotatable bonds is 6. The normalized spacial score (nSPS) is 12.0. The first-order valence-corrected chi connectivity index (χ1v) is 7.72. The molecule has 1 N–H and O–H groups in total. The van der Waals surface area contributed by atoms with E-state index in [1.54, 1.807) is 18.6 Å². The number of aromatic nitrogens is 2. The van der Waals surface area contributed by atoms with Crippen molar-refractivity contribution in [2.75, 3.05) is 0 Å². The Kier molecular flexibility index (Phi) is 5.82. The average Bonchev–Trinajstić information content (AvgIpc) is 2.50. The standard InChI is InChI=1S/C18H23N3O2/c1-12-7-16(8-13(2)18(12)23-15(4)22)10-21-14(3)9-17-11-19-5-6-20-17/h5-8,11,14,21H,9-10H2,1-4H3/t14-/m0/s1. The molecule has 1 heterocycles. The summed E-state index contributed by atoms with van der Waals surface area (Å²) in [4.78, 5) is 19.5. The number of carbonyl (C=O) groups is 1. The first-order valence-electron chi connectivity index (χ1n) is 7.72. The Balaban J connectivity index is 1.96. The minimum absolute atomic E-state index is 0.292. The molecule has 0 saturated carbocycles. The fourth-order valence-corrected chi connectivity index (χ4v) is 2.56. The van der Waals surface area contributed by atoms with E-state index >= 15 is 0 Å². The number of nitrogens with one attached hydrogen (secondary N) is 1. The summed E-state index contributed by atoms with van der Waals surface area (Å²) in [6, 6.07) is 4.39. The molecule has 0 bridgehead atoms. The van der Waals surface area contributed by atoms with Crippen LogP contribution in [-0.4, -0.2) is 22.0 Å². The number of benzene rings is 1. The predicted molar refractivity (Wildman–Crippen MR) is 89.3 cm³/mol. The van der Waals surface area contributed by atoms with Gasteiger partial charge in [-0.1, -0.05) is 12.1 Å². The first-order chi connectivity index (χ1) is 11.0. The van der Waals surface area contributed by atoms with Gasteiger partial charge >= 0.3 is 5.97 Å². The highest BCUT2D eigenvalue weighted by Gasteiger charge is 2.10. The summed E-state index contributed by atoms with van der Waals surface area (Å²) in [6.07, 6.45) is 6.01. The minimum atomic E-state index is -0.292. The van der Waals surface area contributed by atoms with Crippen LogP contribution in [0.3, 0.4) is 0 Å². The Morgan fingerprint density at radius 3 is 2.52 bits per heavy atom. The summed E-state index contributed by atoms with van der Waals surface area (Å²) >= 11 is 0. The van der Waals surface area contributed by atoms with Crippen molar-refractivity contribution in [3.8, 4) is 5.75 Å². The minimum Gasteiger partial charge on any atom is -0.426 e. The van der Waals surface area contributed by atoms with Crippen LogP contribution in [0.5, 0.6) is 5.75 Å². The number of esters is 1. The van der Waals surface area contributed by atoms with Gasteiger partial charge in [0.25, 0.3) is 0 Å². The molecule has 2 rings (SSSR count). The molecule has 0 aliphatic rings. The van der Waals surface area contributed by atoms with Crippen molar-refractivity contribution in [2.24, 2.45) is 0 Å². The molecule has 0 amide bonds. The number of hydrogen-bond donors (Lipinski definition) is 1. The molecule has 0 aliphatic carbocycles. The fraction of sp³-hybridized carbons (Fsp3) is 0.389. The lowest BCUT2D eigenvalue weighted by Crippen LogP contribution is -2.28. The molecule has 23 heavy (non-hydrogen) atoms. The van der Waals surface area contributed by atoms with Crippen LogP contribution in [0.25, 0.3) is 0 Å². The van der Waals surface area contributed by atoms with E-state index in [0.717, 1.165) is 29.8 Å². The zero-order valence-corrected chi connectivity index (χ0v) is 14.1. The number of aryl methyl sites for hydroxylation is 2. The maximum Gasteiger partial charge on any atom is 0.308 e. The number of carbonyl (C=O) groups excluding carboxylic acids is 1. The topological polar surface area (TPSA) is 64.1 Å². The van der Waals surface area contributed by atoms with E-state index in [1.165, 1.54) is 12.5 Å². The SMILES string of the molecule is CC(=O)Oc1c(C)cc(CN[C@@H](C)Cc2cnccn2)cc1C. The number of nitrogens with zero attached hydrogens (tertiary/aromatic N) is 2. The lowest BCUT2D eigenvalue weighted by atomic mass is 10.0. The Morgan fingerprint density at radius 2 is 1.96 bits per heavy atom. The monoisotopic (exact) mass is 313 g/mol. The van der Waals surface area contributed by atoms with Crippen molar-refractivity contribution < 1.29 is 9.53 Å². The first kappa shape index (κ1) is 17.1. The van der Waals surface area contributed by atoms with Gasteiger partial charge in [-0.25, -0.2) is 0 Å². The van der Waals surface area contributed by atoms with Gasteiger partial charge in [-0.2, -0.15) is 0 Å². The van der Waals surface area contributed by atoms with Crippen molar-refractivity contribution in [3.05, 3.63) is 53.1 Å². The quantitative estimate of drug-likeness (QED) is 0.656. The van der Waals surface area contributed by atoms with E-state index in [4.69, 9.17) is 4.74 Å². The second-order valence-electron chi connectivity index (χ2n) is 5.84. The number of hydrogen-bond acceptors (Lipinski definition) is 5. The van der Waals surface area contributed by atoms with Gasteiger partial charge in [0, 0.05) is 44.5 Å². The van der Waals surface area contributed by atoms with Crippen molar-refractivity contribution in [3.63, 3.8) is 0 Å². The van der Waals surface area contributed by atoms with Crippen LogP contribution in [0.15, 0.2) is 30.7 Å². The Labute approximate surface area is 137 Å². The van der Waals surface area contributed by atoms with Gasteiger partial charge in [0.05, 0.1) is 5.69 Å². The van der Waals surface area contributed by atoms with Crippen molar-refractivity contribution in [1.82, 2.24) is 15.3 Å². The second-order valence-corrected chi connectivity index (χ2v) is 5.84. The van der Waals surface area contributed by atoms with E-state index in [1.807, 2.05) is 26.0 Å². The van der Waals surface area contributed by atoms with Crippen LogP contribution >= 0.6 is 0 Å². The van der Waals surface area contributed by atoms with Gasteiger partial charge in [0.1, 0.15) is 5.75 Å². The Morgan fingerprint density at radius 1 is 1.26 bits per heavy atom.